The Bertz CT molecular complexity index is 784. The lowest BCUT2D eigenvalue weighted by molar-refractivity contribution is -0.120. The van der Waals surface area contributed by atoms with Crippen molar-refractivity contribution in [3.63, 3.8) is 0 Å². The van der Waals surface area contributed by atoms with Crippen LogP contribution in [0.1, 0.15) is 10.4 Å². The Balaban J connectivity index is 1.73. The number of aryl methyl sites for hydroxylation is 1. The van der Waals surface area contributed by atoms with Crippen LogP contribution in [0.3, 0.4) is 0 Å². The van der Waals surface area contributed by atoms with Gasteiger partial charge in [-0.1, -0.05) is 36.4 Å². The molecule has 1 heterocycles. The lowest BCUT2D eigenvalue weighted by Crippen LogP contribution is -2.34. The SMILES string of the molecule is Cc1cccc(OCC(=O)N(Cc2cccs2)c2ccccc2)c1. The standard InChI is InChI=1S/C20H19NO2S/c1-16-7-5-10-18(13-16)23-15-20(22)21(14-19-11-6-12-24-19)17-8-3-2-4-9-17/h2-13H,14-15H2,1H3. The van der Waals surface area contributed by atoms with Gasteiger partial charge in [-0.25, -0.2) is 0 Å². The van der Waals surface area contributed by atoms with Crippen LogP contribution in [0.2, 0.25) is 0 Å². The zero-order valence-corrected chi connectivity index (χ0v) is 14.3. The smallest absolute Gasteiger partial charge is 0.265 e. The highest BCUT2D eigenvalue weighted by atomic mass is 32.1. The second kappa shape index (κ2) is 7.79. The molecule has 0 bridgehead atoms. The van der Waals surface area contributed by atoms with E-state index in [1.54, 1.807) is 16.2 Å². The van der Waals surface area contributed by atoms with Gasteiger partial charge in [0.15, 0.2) is 6.61 Å². The Hall–Kier alpha value is -2.59. The third kappa shape index (κ3) is 4.24. The van der Waals surface area contributed by atoms with E-state index in [-0.39, 0.29) is 12.5 Å². The molecular weight excluding hydrogens is 318 g/mol. The van der Waals surface area contributed by atoms with Crippen LogP contribution in [0.15, 0.2) is 72.1 Å². The van der Waals surface area contributed by atoms with Gasteiger partial charge in [0, 0.05) is 10.6 Å². The summed E-state index contributed by atoms with van der Waals surface area (Å²) in [5, 5.41) is 2.02. The molecular formula is C20H19NO2S. The van der Waals surface area contributed by atoms with E-state index in [1.807, 2.05) is 79.0 Å². The monoisotopic (exact) mass is 337 g/mol. The minimum absolute atomic E-state index is 0.0176. The average molecular weight is 337 g/mol. The highest BCUT2D eigenvalue weighted by Gasteiger charge is 2.17. The maximum atomic E-state index is 12.7. The molecule has 0 saturated heterocycles. The van der Waals surface area contributed by atoms with Crippen molar-refractivity contribution in [3.05, 3.63) is 82.6 Å². The number of carbonyl (C=O) groups is 1. The number of ether oxygens (including phenoxy) is 1. The summed E-state index contributed by atoms with van der Waals surface area (Å²) in [7, 11) is 0. The van der Waals surface area contributed by atoms with Gasteiger partial charge in [-0.2, -0.15) is 0 Å². The fourth-order valence-corrected chi connectivity index (χ4v) is 3.11. The second-order valence-electron chi connectivity index (χ2n) is 5.50. The van der Waals surface area contributed by atoms with Crippen LogP contribution in [0.25, 0.3) is 0 Å². The summed E-state index contributed by atoms with van der Waals surface area (Å²) >= 11 is 1.65. The van der Waals surface area contributed by atoms with Crippen molar-refractivity contribution in [3.8, 4) is 5.75 Å². The molecule has 0 aliphatic heterocycles. The van der Waals surface area contributed by atoms with Crippen molar-refractivity contribution >= 4 is 22.9 Å². The summed E-state index contributed by atoms with van der Waals surface area (Å²) in [4.78, 5) is 15.6. The molecule has 24 heavy (non-hydrogen) atoms. The number of carbonyl (C=O) groups excluding carboxylic acids is 1. The van der Waals surface area contributed by atoms with E-state index in [0.29, 0.717) is 12.3 Å². The molecule has 0 aliphatic carbocycles. The van der Waals surface area contributed by atoms with Crippen molar-refractivity contribution in [2.75, 3.05) is 11.5 Å². The number of para-hydroxylation sites is 1. The fraction of sp³-hybridized carbons (Fsp3) is 0.150. The predicted octanol–water partition coefficient (Wildman–Crippen LogP) is 4.67. The second-order valence-corrected chi connectivity index (χ2v) is 6.53. The number of rotatable bonds is 6. The molecule has 3 aromatic rings. The largest absolute Gasteiger partial charge is 0.484 e. The van der Waals surface area contributed by atoms with E-state index in [0.717, 1.165) is 16.1 Å². The molecule has 122 valence electrons. The summed E-state index contributed by atoms with van der Waals surface area (Å²) in [6.45, 7) is 2.57. The van der Waals surface area contributed by atoms with Crippen LogP contribution in [0.5, 0.6) is 5.75 Å². The van der Waals surface area contributed by atoms with Crippen LogP contribution in [0.4, 0.5) is 5.69 Å². The highest BCUT2D eigenvalue weighted by molar-refractivity contribution is 7.09. The lowest BCUT2D eigenvalue weighted by atomic mass is 10.2. The van der Waals surface area contributed by atoms with Gasteiger partial charge in [0.1, 0.15) is 5.75 Å². The van der Waals surface area contributed by atoms with Crippen molar-refractivity contribution in [1.82, 2.24) is 0 Å². The van der Waals surface area contributed by atoms with Crippen molar-refractivity contribution in [2.45, 2.75) is 13.5 Å². The van der Waals surface area contributed by atoms with Crippen molar-refractivity contribution < 1.29 is 9.53 Å². The van der Waals surface area contributed by atoms with Gasteiger partial charge in [0.05, 0.1) is 6.54 Å². The van der Waals surface area contributed by atoms with Gasteiger partial charge >= 0.3 is 0 Å². The molecule has 0 radical (unpaired) electrons. The quantitative estimate of drug-likeness (QED) is 0.654. The van der Waals surface area contributed by atoms with E-state index < -0.39 is 0 Å². The molecule has 0 N–H and O–H groups in total. The molecule has 1 amide bonds. The molecule has 0 atom stereocenters. The first-order chi connectivity index (χ1) is 11.7. The van der Waals surface area contributed by atoms with E-state index in [9.17, 15) is 4.79 Å². The highest BCUT2D eigenvalue weighted by Crippen LogP contribution is 2.20. The van der Waals surface area contributed by atoms with E-state index in [2.05, 4.69) is 0 Å². The van der Waals surface area contributed by atoms with Gasteiger partial charge in [0.2, 0.25) is 0 Å². The summed E-state index contributed by atoms with van der Waals surface area (Å²) in [6, 6.07) is 21.5. The first kappa shape index (κ1) is 16.3. The predicted molar refractivity (Wildman–Crippen MR) is 98.6 cm³/mol. The third-order valence-electron chi connectivity index (χ3n) is 3.61. The first-order valence-electron chi connectivity index (χ1n) is 7.79. The average Bonchev–Trinajstić information content (AvgIpc) is 3.12. The van der Waals surface area contributed by atoms with Crippen LogP contribution in [0, 0.1) is 6.92 Å². The normalized spacial score (nSPS) is 10.4. The van der Waals surface area contributed by atoms with Crippen LogP contribution in [-0.4, -0.2) is 12.5 Å². The molecule has 0 fully saturated rings. The van der Waals surface area contributed by atoms with Crippen LogP contribution in [-0.2, 0) is 11.3 Å². The number of hydrogen-bond donors (Lipinski definition) is 0. The zero-order valence-electron chi connectivity index (χ0n) is 13.5. The number of benzene rings is 2. The molecule has 0 saturated carbocycles. The van der Waals surface area contributed by atoms with Gasteiger partial charge in [-0.15, -0.1) is 11.3 Å². The number of amides is 1. The Morgan fingerprint density at radius 2 is 1.88 bits per heavy atom. The number of nitrogens with zero attached hydrogens (tertiary/aromatic N) is 1. The molecule has 3 rings (SSSR count). The maximum Gasteiger partial charge on any atom is 0.265 e. The minimum atomic E-state index is -0.0592. The Labute approximate surface area is 146 Å². The molecule has 0 aliphatic rings. The number of hydrogen-bond acceptors (Lipinski definition) is 3. The van der Waals surface area contributed by atoms with Gasteiger partial charge in [-0.3, -0.25) is 4.79 Å². The topological polar surface area (TPSA) is 29.5 Å². The summed E-state index contributed by atoms with van der Waals surface area (Å²) in [6.07, 6.45) is 0. The zero-order chi connectivity index (χ0) is 16.8. The summed E-state index contributed by atoms with van der Waals surface area (Å²) in [5.41, 5.74) is 1.99. The molecule has 1 aromatic heterocycles. The van der Waals surface area contributed by atoms with Crippen molar-refractivity contribution in [2.24, 2.45) is 0 Å². The Morgan fingerprint density at radius 1 is 1.04 bits per heavy atom. The Morgan fingerprint density at radius 3 is 2.58 bits per heavy atom. The number of thiophene rings is 1. The van der Waals surface area contributed by atoms with E-state index >= 15 is 0 Å². The lowest BCUT2D eigenvalue weighted by Gasteiger charge is -2.22. The van der Waals surface area contributed by atoms with Gasteiger partial charge in [-0.05, 0) is 48.2 Å². The molecule has 3 nitrogen and oxygen atoms in total. The van der Waals surface area contributed by atoms with Gasteiger partial charge in [0.25, 0.3) is 5.91 Å². The molecule has 0 unspecified atom stereocenters. The summed E-state index contributed by atoms with van der Waals surface area (Å²) in [5.74, 6) is 0.656. The minimum Gasteiger partial charge on any atom is -0.484 e. The maximum absolute atomic E-state index is 12.7. The Kier molecular flexibility index (Phi) is 5.29. The number of anilines is 1. The van der Waals surface area contributed by atoms with E-state index in [1.165, 1.54) is 0 Å². The van der Waals surface area contributed by atoms with Crippen LogP contribution < -0.4 is 9.64 Å². The molecule has 0 spiro atoms. The van der Waals surface area contributed by atoms with Gasteiger partial charge < -0.3 is 9.64 Å². The van der Waals surface area contributed by atoms with Crippen molar-refractivity contribution in [1.29, 1.82) is 0 Å². The first-order valence-corrected chi connectivity index (χ1v) is 8.67. The molecule has 4 heteroatoms. The molecule has 2 aromatic carbocycles. The summed E-state index contributed by atoms with van der Waals surface area (Å²) < 4.78 is 5.68. The van der Waals surface area contributed by atoms with E-state index in [4.69, 9.17) is 4.74 Å². The fourth-order valence-electron chi connectivity index (χ4n) is 2.42. The van der Waals surface area contributed by atoms with Crippen LogP contribution >= 0.6 is 11.3 Å². The third-order valence-corrected chi connectivity index (χ3v) is 4.48.